The molecule has 0 unspecified atom stereocenters. The fourth-order valence-electron chi connectivity index (χ4n) is 3.03. The molecule has 0 aliphatic rings. The van der Waals surface area contributed by atoms with E-state index in [1.54, 1.807) is 13.3 Å². The maximum atomic E-state index is 12.6. The van der Waals surface area contributed by atoms with Gasteiger partial charge in [-0.05, 0) is 42.0 Å². The number of ether oxygens (including phenoxy) is 1. The van der Waals surface area contributed by atoms with E-state index in [0.717, 1.165) is 33.5 Å². The number of rotatable bonds is 4. The van der Waals surface area contributed by atoms with Gasteiger partial charge in [-0.1, -0.05) is 42.5 Å². The highest BCUT2D eigenvalue weighted by molar-refractivity contribution is 6.05. The number of carbonyl (C=O) groups is 1. The predicted octanol–water partition coefficient (Wildman–Crippen LogP) is 5.16. The molecule has 0 saturated carbocycles. The van der Waals surface area contributed by atoms with Crippen LogP contribution in [0.3, 0.4) is 0 Å². The first kappa shape index (κ1) is 16.8. The van der Waals surface area contributed by atoms with Crippen molar-refractivity contribution in [2.24, 2.45) is 0 Å². The summed E-state index contributed by atoms with van der Waals surface area (Å²) in [5, 5.41) is 3.97. The Morgan fingerprint density at radius 2 is 1.74 bits per heavy atom. The van der Waals surface area contributed by atoms with Gasteiger partial charge in [0.2, 0.25) is 0 Å². The number of anilines is 1. The predicted molar refractivity (Wildman–Crippen MR) is 108 cm³/mol. The van der Waals surface area contributed by atoms with Crippen molar-refractivity contribution >= 4 is 22.5 Å². The number of methoxy groups -OCH3 is 1. The first-order valence-corrected chi connectivity index (χ1v) is 8.64. The summed E-state index contributed by atoms with van der Waals surface area (Å²) in [6.45, 7) is 0. The summed E-state index contributed by atoms with van der Waals surface area (Å²) in [7, 11) is 1.65. The molecule has 0 radical (unpaired) electrons. The molecule has 0 saturated heterocycles. The highest BCUT2D eigenvalue weighted by Gasteiger charge is 2.09. The molecule has 0 fully saturated rings. The van der Waals surface area contributed by atoms with Gasteiger partial charge in [-0.3, -0.25) is 9.78 Å². The van der Waals surface area contributed by atoms with E-state index in [-0.39, 0.29) is 5.91 Å². The third-order valence-electron chi connectivity index (χ3n) is 4.43. The number of carbonyl (C=O) groups excluding carboxylic acids is 1. The van der Waals surface area contributed by atoms with E-state index >= 15 is 0 Å². The van der Waals surface area contributed by atoms with Crippen LogP contribution in [0.1, 0.15) is 10.4 Å². The lowest BCUT2D eigenvalue weighted by Crippen LogP contribution is -2.11. The summed E-state index contributed by atoms with van der Waals surface area (Å²) in [5.74, 6) is 0.648. The number of amides is 1. The molecular weight excluding hydrogens is 336 g/mol. The van der Waals surface area contributed by atoms with Gasteiger partial charge in [0.1, 0.15) is 5.75 Å². The van der Waals surface area contributed by atoms with E-state index in [2.05, 4.69) is 10.3 Å². The molecule has 1 N–H and O–H groups in total. The zero-order valence-electron chi connectivity index (χ0n) is 14.8. The molecule has 4 rings (SSSR count). The minimum Gasteiger partial charge on any atom is -0.496 e. The van der Waals surface area contributed by atoms with Gasteiger partial charge >= 0.3 is 0 Å². The maximum Gasteiger partial charge on any atom is 0.255 e. The zero-order valence-corrected chi connectivity index (χ0v) is 14.8. The van der Waals surface area contributed by atoms with Crippen LogP contribution in [0.25, 0.3) is 22.0 Å². The summed E-state index contributed by atoms with van der Waals surface area (Å²) in [6, 6.07) is 24.9. The Bertz CT molecular complexity index is 1100. The van der Waals surface area contributed by atoms with Gasteiger partial charge in [0.25, 0.3) is 5.91 Å². The monoisotopic (exact) mass is 354 g/mol. The van der Waals surface area contributed by atoms with E-state index in [1.807, 2.05) is 78.9 Å². The number of para-hydroxylation sites is 1. The summed E-state index contributed by atoms with van der Waals surface area (Å²) in [5.41, 5.74) is 4.16. The third-order valence-corrected chi connectivity index (χ3v) is 4.43. The largest absolute Gasteiger partial charge is 0.496 e. The van der Waals surface area contributed by atoms with E-state index in [4.69, 9.17) is 4.74 Å². The van der Waals surface area contributed by atoms with Gasteiger partial charge in [0.05, 0.1) is 12.6 Å². The minimum absolute atomic E-state index is 0.156. The number of hydrogen-bond donors (Lipinski definition) is 1. The molecule has 132 valence electrons. The highest BCUT2D eigenvalue weighted by atomic mass is 16.5. The molecule has 0 bridgehead atoms. The van der Waals surface area contributed by atoms with E-state index in [9.17, 15) is 4.79 Å². The molecule has 1 amide bonds. The Morgan fingerprint density at radius 3 is 2.56 bits per heavy atom. The lowest BCUT2D eigenvalue weighted by atomic mass is 10.0. The Morgan fingerprint density at radius 1 is 0.926 bits per heavy atom. The van der Waals surface area contributed by atoms with Crippen molar-refractivity contribution in [1.82, 2.24) is 4.98 Å². The summed E-state index contributed by atoms with van der Waals surface area (Å²) in [6.07, 6.45) is 1.74. The van der Waals surface area contributed by atoms with Crippen LogP contribution < -0.4 is 10.1 Å². The van der Waals surface area contributed by atoms with Crippen LogP contribution in [0.15, 0.2) is 85.1 Å². The maximum absolute atomic E-state index is 12.6. The smallest absolute Gasteiger partial charge is 0.255 e. The van der Waals surface area contributed by atoms with Gasteiger partial charge < -0.3 is 10.1 Å². The van der Waals surface area contributed by atoms with Crippen molar-refractivity contribution in [1.29, 1.82) is 0 Å². The number of benzene rings is 3. The number of nitrogens with one attached hydrogen (secondary N) is 1. The SMILES string of the molecule is COc1ccccc1-c1ccc(C(=O)Nc2ccc3cccnc3c2)cc1. The molecule has 0 atom stereocenters. The third kappa shape index (κ3) is 3.51. The highest BCUT2D eigenvalue weighted by Crippen LogP contribution is 2.29. The molecule has 1 aromatic heterocycles. The zero-order chi connectivity index (χ0) is 18.6. The van der Waals surface area contributed by atoms with Crippen LogP contribution in [0.2, 0.25) is 0 Å². The van der Waals surface area contributed by atoms with Gasteiger partial charge in [0.15, 0.2) is 0 Å². The van der Waals surface area contributed by atoms with Crippen molar-refractivity contribution in [2.45, 2.75) is 0 Å². The second kappa shape index (κ2) is 7.30. The normalized spacial score (nSPS) is 10.6. The molecule has 1 heterocycles. The van der Waals surface area contributed by atoms with E-state index in [1.165, 1.54) is 0 Å². The quantitative estimate of drug-likeness (QED) is 0.550. The number of nitrogens with zero attached hydrogens (tertiary/aromatic N) is 1. The van der Waals surface area contributed by atoms with Crippen LogP contribution in [-0.2, 0) is 0 Å². The Labute approximate surface area is 157 Å². The van der Waals surface area contributed by atoms with Gasteiger partial charge in [-0.25, -0.2) is 0 Å². The topological polar surface area (TPSA) is 51.2 Å². The molecular formula is C23H18N2O2. The van der Waals surface area contributed by atoms with Crippen LogP contribution in [0.5, 0.6) is 5.75 Å². The van der Waals surface area contributed by atoms with Gasteiger partial charge in [0, 0.05) is 28.4 Å². The standard InChI is InChI=1S/C23H18N2O2/c1-27-22-7-3-2-6-20(22)16-8-10-18(11-9-16)23(26)25-19-13-12-17-5-4-14-24-21(17)15-19/h2-15H,1H3,(H,25,26). The first-order valence-electron chi connectivity index (χ1n) is 8.64. The number of hydrogen-bond acceptors (Lipinski definition) is 3. The molecule has 4 aromatic rings. The van der Waals surface area contributed by atoms with E-state index in [0.29, 0.717) is 5.56 Å². The fourth-order valence-corrected chi connectivity index (χ4v) is 3.03. The molecule has 0 aliphatic heterocycles. The Kier molecular flexibility index (Phi) is 4.54. The molecule has 27 heavy (non-hydrogen) atoms. The van der Waals surface area contributed by atoms with Crippen molar-refractivity contribution < 1.29 is 9.53 Å². The molecule has 4 nitrogen and oxygen atoms in total. The molecule has 3 aromatic carbocycles. The van der Waals surface area contributed by atoms with Gasteiger partial charge in [-0.15, -0.1) is 0 Å². The van der Waals surface area contributed by atoms with Crippen LogP contribution in [0, 0.1) is 0 Å². The second-order valence-electron chi connectivity index (χ2n) is 6.14. The van der Waals surface area contributed by atoms with Crippen molar-refractivity contribution in [3.63, 3.8) is 0 Å². The fraction of sp³-hybridized carbons (Fsp3) is 0.0435. The number of fused-ring (bicyclic) bond motifs is 1. The second-order valence-corrected chi connectivity index (χ2v) is 6.14. The first-order chi connectivity index (χ1) is 13.2. The Hall–Kier alpha value is -3.66. The lowest BCUT2D eigenvalue weighted by Gasteiger charge is -2.10. The summed E-state index contributed by atoms with van der Waals surface area (Å²) >= 11 is 0. The van der Waals surface area contributed by atoms with Crippen molar-refractivity contribution in [2.75, 3.05) is 12.4 Å². The number of pyridine rings is 1. The average Bonchev–Trinajstić information content (AvgIpc) is 2.73. The van der Waals surface area contributed by atoms with E-state index < -0.39 is 0 Å². The van der Waals surface area contributed by atoms with Gasteiger partial charge in [-0.2, -0.15) is 0 Å². The minimum atomic E-state index is -0.156. The lowest BCUT2D eigenvalue weighted by molar-refractivity contribution is 0.102. The van der Waals surface area contributed by atoms with Crippen LogP contribution in [-0.4, -0.2) is 18.0 Å². The molecule has 0 aliphatic carbocycles. The Balaban J connectivity index is 1.55. The van der Waals surface area contributed by atoms with Crippen molar-refractivity contribution in [3.8, 4) is 16.9 Å². The van der Waals surface area contributed by atoms with Crippen LogP contribution in [0.4, 0.5) is 5.69 Å². The van der Waals surface area contributed by atoms with Crippen LogP contribution >= 0.6 is 0 Å². The van der Waals surface area contributed by atoms with Crippen molar-refractivity contribution in [3.05, 3.63) is 90.6 Å². The molecule has 4 heteroatoms. The summed E-state index contributed by atoms with van der Waals surface area (Å²) in [4.78, 5) is 16.9. The number of aromatic nitrogens is 1. The average molecular weight is 354 g/mol. The summed E-state index contributed by atoms with van der Waals surface area (Å²) < 4.78 is 5.41. The molecule has 0 spiro atoms.